The van der Waals surface area contributed by atoms with Crippen molar-refractivity contribution in [1.29, 1.82) is 0 Å². The highest BCUT2D eigenvalue weighted by Gasteiger charge is 2.20. The van der Waals surface area contributed by atoms with Gasteiger partial charge in [0.05, 0.1) is 12.2 Å². The van der Waals surface area contributed by atoms with E-state index in [0.717, 1.165) is 54.0 Å². The monoisotopic (exact) mass is 438 g/mol. The molecule has 1 aromatic heterocycles. The van der Waals surface area contributed by atoms with Gasteiger partial charge in [0.15, 0.2) is 0 Å². The third-order valence-corrected chi connectivity index (χ3v) is 6.81. The van der Waals surface area contributed by atoms with E-state index in [1.165, 1.54) is 5.56 Å². The zero-order valence-corrected chi connectivity index (χ0v) is 18.7. The first-order chi connectivity index (χ1) is 14.7. The normalized spacial score (nSPS) is 15.2. The zero-order chi connectivity index (χ0) is 20.8. The quantitative estimate of drug-likeness (QED) is 0.558. The molecule has 1 N–H and O–H groups in total. The molecule has 0 aliphatic carbocycles. The Labute approximate surface area is 186 Å². The van der Waals surface area contributed by atoms with Gasteiger partial charge in [-0.3, -0.25) is 14.6 Å². The summed E-state index contributed by atoms with van der Waals surface area (Å²) >= 11 is 3.38. The number of nitrogens with zero attached hydrogens (tertiary/aromatic N) is 3. The maximum atomic E-state index is 12.4. The van der Waals surface area contributed by atoms with Crippen LogP contribution in [0, 0.1) is 0 Å². The Balaban J connectivity index is 1.23. The van der Waals surface area contributed by atoms with Crippen LogP contribution in [0.5, 0.6) is 0 Å². The van der Waals surface area contributed by atoms with Gasteiger partial charge in [0.25, 0.3) is 0 Å². The van der Waals surface area contributed by atoms with Crippen molar-refractivity contribution in [3.8, 4) is 10.6 Å². The molecule has 0 bridgehead atoms. The molecule has 1 aliphatic heterocycles. The smallest absolute Gasteiger partial charge is 0.238 e. The average molecular weight is 439 g/mol. The van der Waals surface area contributed by atoms with Crippen molar-refractivity contribution in [2.24, 2.45) is 0 Å². The highest BCUT2D eigenvalue weighted by molar-refractivity contribution is 7.98. The number of thiazole rings is 1. The van der Waals surface area contributed by atoms with Gasteiger partial charge in [0, 0.05) is 54.3 Å². The molecular formula is C23H26N4OS2. The number of anilines is 1. The van der Waals surface area contributed by atoms with Crippen LogP contribution in [0.3, 0.4) is 0 Å². The van der Waals surface area contributed by atoms with Crippen LogP contribution in [0.25, 0.3) is 10.6 Å². The summed E-state index contributed by atoms with van der Waals surface area (Å²) in [6, 6.07) is 18.3. The standard InChI is InChI=1S/C23H26N4OS2/c1-29-21-9-5-8-19(14-21)24-22(28)16-27-12-10-26(11-13-27)15-20-17-30-23(25-20)18-6-3-2-4-7-18/h2-9,14,17H,10-13,15-16H2,1H3,(H,24,28). The molecule has 2 aromatic carbocycles. The van der Waals surface area contributed by atoms with Crippen LogP contribution in [0.2, 0.25) is 0 Å². The molecule has 2 heterocycles. The summed E-state index contributed by atoms with van der Waals surface area (Å²) in [5.74, 6) is 0.0497. The fourth-order valence-corrected chi connectivity index (χ4v) is 4.81. The van der Waals surface area contributed by atoms with Crippen molar-refractivity contribution < 1.29 is 4.79 Å². The van der Waals surface area contributed by atoms with E-state index in [4.69, 9.17) is 4.98 Å². The van der Waals surface area contributed by atoms with E-state index in [-0.39, 0.29) is 5.91 Å². The third-order valence-electron chi connectivity index (χ3n) is 5.14. The molecule has 1 fully saturated rings. The second-order valence-corrected chi connectivity index (χ2v) is 9.08. The van der Waals surface area contributed by atoms with E-state index in [1.807, 2.05) is 48.7 Å². The molecule has 0 atom stereocenters. The maximum Gasteiger partial charge on any atom is 0.238 e. The van der Waals surface area contributed by atoms with Crippen molar-refractivity contribution in [2.45, 2.75) is 11.4 Å². The Morgan fingerprint density at radius 2 is 1.83 bits per heavy atom. The van der Waals surface area contributed by atoms with Crippen molar-refractivity contribution in [3.05, 3.63) is 65.7 Å². The average Bonchev–Trinajstić information content (AvgIpc) is 3.24. The molecule has 30 heavy (non-hydrogen) atoms. The van der Waals surface area contributed by atoms with Gasteiger partial charge in [-0.1, -0.05) is 36.4 Å². The van der Waals surface area contributed by atoms with Crippen LogP contribution < -0.4 is 5.32 Å². The third kappa shape index (κ3) is 5.70. The number of thioether (sulfide) groups is 1. The second-order valence-electron chi connectivity index (χ2n) is 7.34. The summed E-state index contributed by atoms with van der Waals surface area (Å²) in [6.45, 7) is 5.00. The molecule has 5 nitrogen and oxygen atoms in total. The first-order valence-electron chi connectivity index (χ1n) is 10.1. The molecule has 0 unspecified atom stereocenters. The fraction of sp³-hybridized carbons (Fsp3) is 0.304. The van der Waals surface area contributed by atoms with Crippen LogP contribution in [0.4, 0.5) is 5.69 Å². The lowest BCUT2D eigenvalue weighted by Crippen LogP contribution is -2.48. The molecule has 1 amide bonds. The zero-order valence-electron chi connectivity index (χ0n) is 17.1. The van der Waals surface area contributed by atoms with Crippen LogP contribution >= 0.6 is 23.1 Å². The molecule has 1 saturated heterocycles. The minimum atomic E-state index is 0.0497. The number of hydrogen-bond donors (Lipinski definition) is 1. The SMILES string of the molecule is CSc1cccc(NC(=O)CN2CCN(Cc3csc(-c4ccccc4)n3)CC2)c1. The van der Waals surface area contributed by atoms with Gasteiger partial charge < -0.3 is 5.32 Å². The predicted octanol–water partition coefficient (Wildman–Crippen LogP) is 4.29. The molecule has 1 aliphatic rings. The molecule has 3 aromatic rings. The molecule has 7 heteroatoms. The van der Waals surface area contributed by atoms with E-state index < -0.39 is 0 Å². The first kappa shape index (κ1) is 21.1. The Kier molecular flexibility index (Phi) is 7.17. The van der Waals surface area contributed by atoms with E-state index in [9.17, 15) is 4.79 Å². The summed E-state index contributed by atoms with van der Waals surface area (Å²) in [5.41, 5.74) is 3.16. The van der Waals surface area contributed by atoms with E-state index in [1.54, 1.807) is 23.1 Å². The van der Waals surface area contributed by atoms with Crippen LogP contribution in [-0.2, 0) is 11.3 Å². The molecule has 0 saturated carbocycles. The lowest BCUT2D eigenvalue weighted by Gasteiger charge is -2.33. The van der Waals surface area contributed by atoms with Gasteiger partial charge in [-0.2, -0.15) is 0 Å². The lowest BCUT2D eigenvalue weighted by molar-refractivity contribution is -0.117. The topological polar surface area (TPSA) is 48.5 Å². The molecular weight excluding hydrogens is 412 g/mol. The van der Waals surface area contributed by atoms with Gasteiger partial charge in [-0.25, -0.2) is 4.98 Å². The summed E-state index contributed by atoms with van der Waals surface area (Å²) in [4.78, 5) is 23.0. The number of carbonyl (C=O) groups is 1. The highest BCUT2D eigenvalue weighted by atomic mass is 32.2. The van der Waals surface area contributed by atoms with Gasteiger partial charge in [0.2, 0.25) is 5.91 Å². The van der Waals surface area contributed by atoms with E-state index in [0.29, 0.717) is 6.54 Å². The summed E-state index contributed by atoms with van der Waals surface area (Å²) < 4.78 is 0. The molecule has 156 valence electrons. The Morgan fingerprint density at radius 1 is 1.07 bits per heavy atom. The first-order valence-corrected chi connectivity index (χ1v) is 12.2. The van der Waals surface area contributed by atoms with Gasteiger partial charge in [-0.15, -0.1) is 23.1 Å². The second kappa shape index (κ2) is 10.2. The fourth-order valence-electron chi connectivity index (χ4n) is 3.53. The van der Waals surface area contributed by atoms with Gasteiger partial charge in [0.1, 0.15) is 5.01 Å². The van der Waals surface area contributed by atoms with Crippen molar-refractivity contribution in [1.82, 2.24) is 14.8 Å². The summed E-state index contributed by atoms with van der Waals surface area (Å²) in [5, 5.41) is 6.25. The highest BCUT2D eigenvalue weighted by Crippen LogP contribution is 2.24. The van der Waals surface area contributed by atoms with Gasteiger partial charge in [-0.05, 0) is 24.5 Å². The number of rotatable bonds is 7. The number of amides is 1. The van der Waals surface area contributed by atoms with Crippen LogP contribution in [0.1, 0.15) is 5.69 Å². The summed E-state index contributed by atoms with van der Waals surface area (Å²) in [7, 11) is 0. The van der Waals surface area contributed by atoms with Crippen molar-refractivity contribution in [3.63, 3.8) is 0 Å². The van der Waals surface area contributed by atoms with Gasteiger partial charge >= 0.3 is 0 Å². The number of carbonyl (C=O) groups excluding carboxylic acids is 1. The van der Waals surface area contributed by atoms with Crippen molar-refractivity contribution in [2.75, 3.05) is 44.3 Å². The number of aromatic nitrogens is 1. The van der Waals surface area contributed by atoms with Crippen LogP contribution in [0.15, 0.2) is 64.9 Å². The molecule has 4 rings (SSSR count). The number of hydrogen-bond acceptors (Lipinski definition) is 6. The number of piperazine rings is 1. The minimum Gasteiger partial charge on any atom is -0.325 e. The Bertz CT molecular complexity index is 968. The minimum absolute atomic E-state index is 0.0497. The summed E-state index contributed by atoms with van der Waals surface area (Å²) in [6.07, 6.45) is 2.04. The molecule has 0 radical (unpaired) electrons. The Hall–Kier alpha value is -2.19. The lowest BCUT2D eigenvalue weighted by atomic mass is 10.2. The maximum absolute atomic E-state index is 12.4. The van der Waals surface area contributed by atoms with E-state index in [2.05, 4.69) is 32.6 Å². The predicted molar refractivity (Wildman–Crippen MR) is 126 cm³/mol. The molecule has 0 spiro atoms. The number of nitrogens with one attached hydrogen (secondary N) is 1. The van der Waals surface area contributed by atoms with Crippen molar-refractivity contribution >= 4 is 34.7 Å². The Morgan fingerprint density at radius 3 is 2.60 bits per heavy atom. The van der Waals surface area contributed by atoms with Crippen LogP contribution in [-0.4, -0.2) is 59.7 Å². The van der Waals surface area contributed by atoms with E-state index >= 15 is 0 Å². The number of benzene rings is 2. The largest absolute Gasteiger partial charge is 0.325 e.